The van der Waals surface area contributed by atoms with E-state index in [1.54, 1.807) is 24.3 Å². The first-order chi connectivity index (χ1) is 12.0. The zero-order valence-electron chi connectivity index (χ0n) is 12.3. The number of nitrogens with one attached hydrogen (secondary N) is 1. The molecule has 0 aliphatic heterocycles. The van der Waals surface area contributed by atoms with E-state index >= 15 is 0 Å². The van der Waals surface area contributed by atoms with Crippen molar-refractivity contribution in [2.45, 2.75) is 5.92 Å². The highest BCUT2D eigenvalue weighted by Crippen LogP contribution is 2.39. The molecule has 0 spiro atoms. The van der Waals surface area contributed by atoms with Crippen LogP contribution in [-0.4, -0.2) is 25.7 Å². The molecule has 11 nitrogen and oxygen atoms in total. The van der Waals surface area contributed by atoms with Gasteiger partial charge in [0, 0.05) is 17.1 Å². The molecule has 1 aliphatic rings. The van der Waals surface area contributed by atoms with Crippen molar-refractivity contribution >= 4 is 16.6 Å². The first-order valence-electron chi connectivity index (χ1n) is 7.02. The molecule has 1 atom stereocenters. The largest absolute Gasteiger partial charge is 0.612 e. The summed E-state index contributed by atoms with van der Waals surface area (Å²) in [6.07, 6.45) is 2.35. The van der Waals surface area contributed by atoms with Gasteiger partial charge in [0.2, 0.25) is 5.69 Å². The molecule has 2 aromatic heterocycles. The third-order valence-electron chi connectivity index (χ3n) is 4.08. The number of nitrogens with zero attached hydrogens (tertiary/aromatic N) is 4. The van der Waals surface area contributed by atoms with Crippen LogP contribution < -0.4 is 4.90 Å². The highest BCUT2D eigenvalue weighted by Gasteiger charge is 2.47. The smallest absolute Gasteiger partial charge is 0.318 e. The van der Waals surface area contributed by atoms with E-state index in [4.69, 9.17) is 0 Å². The van der Waals surface area contributed by atoms with Crippen molar-refractivity contribution < 1.29 is 19.4 Å². The van der Waals surface area contributed by atoms with E-state index in [2.05, 4.69) is 14.8 Å². The van der Waals surface area contributed by atoms with E-state index in [1.807, 2.05) is 0 Å². The summed E-state index contributed by atoms with van der Waals surface area (Å²) < 4.78 is 4.49. The highest BCUT2D eigenvalue weighted by atomic mass is 16.8. The molecule has 0 radical (unpaired) electrons. The molecule has 1 aliphatic carbocycles. The summed E-state index contributed by atoms with van der Waals surface area (Å²) in [5, 5.41) is 50.0. The average molecular weight is 342 g/mol. The SMILES string of the molecule is O=[N+]([O-])C1=CC(=[N+]([O-])[O-])c2no[n+]([O-])c2C1c1c[nH]c2ccccc12. The number of allylic oxidation sites excluding steroid dienone is 2. The minimum absolute atomic E-state index is 0.0260. The van der Waals surface area contributed by atoms with Crippen LogP contribution in [0.2, 0.25) is 0 Å². The van der Waals surface area contributed by atoms with Crippen LogP contribution in [0.3, 0.4) is 0 Å². The van der Waals surface area contributed by atoms with E-state index in [-0.39, 0.29) is 16.3 Å². The first-order valence-corrected chi connectivity index (χ1v) is 7.02. The second-order valence-corrected chi connectivity index (χ2v) is 5.36. The summed E-state index contributed by atoms with van der Waals surface area (Å²) >= 11 is 0. The maximum atomic E-state index is 12.0. The zero-order valence-corrected chi connectivity index (χ0v) is 12.3. The van der Waals surface area contributed by atoms with Gasteiger partial charge in [-0.25, -0.2) is 0 Å². The van der Waals surface area contributed by atoms with Gasteiger partial charge in [-0.05, 0) is 16.5 Å². The Morgan fingerprint density at radius 2 is 2.00 bits per heavy atom. The van der Waals surface area contributed by atoms with E-state index in [1.165, 1.54) is 6.20 Å². The molecule has 1 aromatic carbocycles. The van der Waals surface area contributed by atoms with Crippen molar-refractivity contribution in [3.05, 3.63) is 84.9 Å². The average Bonchev–Trinajstić information content (AvgIpc) is 3.17. The topological polar surface area (TPSA) is 161 Å². The molecule has 1 N–H and O–H groups in total. The van der Waals surface area contributed by atoms with Crippen LogP contribution in [0.25, 0.3) is 10.9 Å². The lowest BCUT2D eigenvalue weighted by Crippen LogP contribution is -2.36. The number of fused-ring (bicyclic) bond motifs is 2. The van der Waals surface area contributed by atoms with Crippen molar-refractivity contribution in [1.29, 1.82) is 0 Å². The number of hydrogen-bond donors (Lipinski definition) is 1. The molecule has 1 unspecified atom stereocenters. The number of rotatable bonds is 2. The van der Waals surface area contributed by atoms with Crippen molar-refractivity contribution in [2.75, 3.05) is 0 Å². The molecule has 0 fully saturated rings. The minimum atomic E-state index is -1.16. The van der Waals surface area contributed by atoms with E-state index < -0.39 is 27.2 Å². The number of H-pyrrole nitrogens is 1. The lowest BCUT2D eigenvalue weighted by atomic mass is 9.86. The lowest BCUT2D eigenvalue weighted by molar-refractivity contribution is -0.808. The van der Waals surface area contributed by atoms with Crippen molar-refractivity contribution in [1.82, 2.24) is 10.1 Å². The molecule has 4 rings (SSSR count). The van der Waals surface area contributed by atoms with Gasteiger partial charge in [0.15, 0.2) is 0 Å². The number of hydrogen-bond acceptors (Lipinski definition) is 7. The van der Waals surface area contributed by atoms with Gasteiger partial charge in [0.25, 0.3) is 11.4 Å². The maximum absolute atomic E-state index is 12.0. The van der Waals surface area contributed by atoms with Gasteiger partial charge in [-0.1, -0.05) is 18.2 Å². The Labute approximate surface area is 137 Å². The lowest BCUT2D eigenvalue weighted by Gasteiger charge is -2.16. The molecule has 25 heavy (non-hydrogen) atoms. The van der Waals surface area contributed by atoms with Gasteiger partial charge < -0.3 is 20.6 Å². The summed E-state index contributed by atoms with van der Waals surface area (Å²) in [6, 6.07) is 7.02. The summed E-state index contributed by atoms with van der Waals surface area (Å²) in [5.41, 5.74) is -0.630. The number of nitro groups is 1. The fourth-order valence-electron chi connectivity index (χ4n) is 3.04. The number of para-hydroxylation sites is 1. The third-order valence-corrected chi connectivity index (χ3v) is 4.08. The molecular formula is C14H8N5O6-. The molecule has 3 aromatic rings. The van der Waals surface area contributed by atoms with Crippen LogP contribution in [0.5, 0.6) is 0 Å². The summed E-state index contributed by atoms with van der Waals surface area (Å²) in [6.45, 7) is 0. The van der Waals surface area contributed by atoms with Gasteiger partial charge in [0.1, 0.15) is 5.92 Å². The summed E-state index contributed by atoms with van der Waals surface area (Å²) in [4.78, 5) is 12.9. The highest BCUT2D eigenvalue weighted by molar-refractivity contribution is 6.06. The van der Waals surface area contributed by atoms with Crippen molar-refractivity contribution in [2.24, 2.45) is 0 Å². The van der Waals surface area contributed by atoms with Crippen LogP contribution in [0, 0.1) is 25.7 Å². The molecular weight excluding hydrogens is 334 g/mol. The molecule has 0 amide bonds. The molecule has 11 heteroatoms. The Bertz CT molecular complexity index is 1070. The fraction of sp³-hybridized carbons (Fsp3) is 0.0714. The molecule has 0 saturated carbocycles. The second kappa shape index (κ2) is 5.06. The van der Waals surface area contributed by atoms with Crippen LogP contribution in [0.1, 0.15) is 22.9 Å². The third kappa shape index (κ3) is 2.02. The van der Waals surface area contributed by atoms with Crippen LogP contribution in [0.15, 0.2) is 46.9 Å². The quantitative estimate of drug-likeness (QED) is 0.411. The van der Waals surface area contributed by atoms with Gasteiger partial charge in [0.05, 0.1) is 16.2 Å². The monoisotopic (exact) mass is 342 g/mol. The minimum Gasteiger partial charge on any atom is -0.612 e. The van der Waals surface area contributed by atoms with Crippen LogP contribution >= 0.6 is 0 Å². The Morgan fingerprint density at radius 1 is 1.24 bits per heavy atom. The number of benzene rings is 1. The van der Waals surface area contributed by atoms with E-state index in [9.17, 15) is 25.7 Å². The molecule has 0 saturated heterocycles. The van der Waals surface area contributed by atoms with Crippen molar-refractivity contribution in [3.8, 4) is 0 Å². The fourth-order valence-corrected chi connectivity index (χ4v) is 3.04. The normalized spacial score (nSPS) is 16.6. The molecule has 2 heterocycles. The van der Waals surface area contributed by atoms with Gasteiger partial charge >= 0.3 is 5.69 Å². The van der Waals surface area contributed by atoms with Gasteiger partial charge in [-0.2, -0.15) is 4.90 Å². The molecule has 0 bridgehead atoms. The van der Waals surface area contributed by atoms with E-state index in [0.717, 1.165) is 6.08 Å². The Balaban J connectivity index is 2.06. The zero-order chi connectivity index (χ0) is 17.7. The number of aromatic amines is 1. The standard InChI is InChI=1S/C14H8N5O6/c20-17(21)10-5-11(18(22)23)13-14(19(24)25-16-13)12(10)8-6-15-9-4-2-1-3-7(8)9/h1-6,12,15H/q-1. The van der Waals surface area contributed by atoms with Crippen molar-refractivity contribution in [3.63, 3.8) is 0 Å². The second-order valence-electron chi connectivity index (χ2n) is 5.36. The summed E-state index contributed by atoms with van der Waals surface area (Å²) in [7, 11) is 0. The Morgan fingerprint density at radius 3 is 2.72 bits per heavy atom. The van der Waals surface area contributed by atoms with Crippen LogP contribution in [0.4, 0.5) is 0 Å². The first kappa shape index (κ1) is 14.7. The van der Waals surface area contributed by atoms with Gasteiger partial charge in [-0.3, -0.25) is 14.7 Å². The maximum Gasteiger partial charge on any atom is 0.318 e. The predicted molar refractivity (Wildman–Crippen MR) is 81.8 cm³/mol. The predicted octanol–water partition coefficient (Wildman–Crippen LogP) is 0.893. The summed E-state index contributed by atoms with van der Waals surface area (Å²) in [5.74, 6) is -1.16. The van der Waals surface area contributed by atoms with E-state index in [0.29, 0.717) is 16.5 Å². The Hall–Kier alpha value is -3.89. The molecule has 126 valence electrons. The van der Waals surface area contributed by atoms with Crippen LogP contribution in [-0.2, 0) is 0 Å². The number of aromatic nitrogens is 3. The Kier molecular flexibility index (Phi) is 2.97. The van der Waals surface area contributed by atoms with Gasteiger partial charge in [-0.15, -0.1) is 0 Å².